The van der Waals surface area contributed by atoms with Crippen LogP contribution in [0.1, 0.15) is 28.4 Å². The van der Waals surface area contributed by atoms with Gasteiger partial charge in [-0.2, -0.15) is 0 Å². The number of nitrogens with zero attached hydrogens (tertiary/aromatic N) is 2. The Morgan fingerprint density at radius 2 is 1.90 bits per heavy atom. The van der Waals surface area contributed by atoms with E-state index >= 15 is 0 Å². The summed E-state index contributed by atoms with van der Waals surface area (Å²) in [5.74, 6) is -1.33. The van der Waals surface area contributed by atoms with Crippen LogP contribution in [0.2, 0.25) is 0 Å². The molecule has 0 unspecified atom stereocenters. The van der Waals surface area contributed by atoms with E-state index in [0.29, 0.717) is 17.8 Å². The SMILES string of the molecule is CCN(C)C(=O)CN1C(=O)C(=O)c2ccc(C)c(C)c21. The smallest absolute Gasteiger partial charge is 0.299 e. The van der Waals surface area contributed by atoms with Gasteiger partial charge in [0.15, 0.2) is 0 Å². The Labute approximate surface area is 118 Å². The molecule has 106 valence electrons. The highest BCUT2D eigenvalue weighted by atomic mass is 16.2. The molecule has 1 aromatic carbocycles. The molecule has 20 heavy (non-hydrogen) atoms. The zero-order valence-electron chi connectivity index (χ0n) is 12.2. The molecule has 0 aromatic heterocycles. The number of rotatable bonds is 3. The molecule has 0 radical (unpaired) electrons. The molecule has 5 heteroatoms. The molecule has 1 aliphatic rings. The summed E-state index contributed by atoms with van der Waals surface area (Å²) >= 11 is 0. The topological polar surface area (TPSA) is 57.7 Å². The summed E-state index contributed by atoms with van der Waals surface area (Å²) in [7, 11) is 1.68. The zero-order valence-corrected chi connectivity index (χ0v) is 12.2. The fraction of sp³-hybridized carbons (Fsp3) is 0.400. The lowest BCUT2D eigenvalue weighted by atomic mass is 10.0. The number of carbonyl (C=O) groups is 3. The lowest BCUT2D eigenvalue weighted by molar-refractivity contribution is -0.129. The Morgan fingerprint density at radius 1 is 1.25 bits per heavy atom. The van der Waals surface area contributed by atoms with Crippen molar-refractivity contribution < 1.29 is 14.4 Å². The molecule has 1 heterocycles. The molecule has 0 atom stereocenters. The summed E-state index contributed by atoms with van der Waals surface area (Å²) in [5.41, 5.74) is 2.84. The predicted molar refractivity (Wildman–Crippen MR) is 75.9 cm³/mol. The largest absolute Gasteiger partial charge is 0.344 e. The first-order valence-corrected chi connectivity index (χ1v) is 6.58. The molecule has 0 fully saturated rings. The van der Waals surface area contributed by atoms with E-state index in [4.69, 9.17) is 0 Å². The lowest BCUT2D eigenvalue weighted by Gasteiger charge is -2.22. The van der Waals surface area contributed by atoms with Crippen LogP contribution in [0.5, 0.6) is 0 Å². The Bertz CT molecular complexity index is 607. The number of ketones is 1. The van der Waals surface area contributed by atoms with E-state index in [1.165, 1.54) is 9.80 Å². The first kappa shape index (κ1) is 14.2. The van der Waals surface area contributed by atoms with Crippen LogP contribution in [0.3, 0.4) is 0 Å². The van der Waals surface area contributed by atoms with Crippen LogP contribution in [-0.4, -0.2) is 42.6 Å². The van der Waals surface area contributed by atoms with Gasteiger partial charge in [-0.3, -0.25) is 19.3 Å². The van der Waals surface area contributed by atoms with E-state index in [1.54, 1.807) is 13.1 Å². The van der Waals surface area contributed by atoms with E-state index < -0.39 is 11.7 Å². The van der Waals surface area contributed by atoms with Gasteiger partial charge in [0.05, 0.1) is 11.3 Å². The second-order valence-corrected chi connectivity index (χ2v) is 5.03. The minimum atomic E-state index is -0.619. The van der Waals surface area contributed by atoms with Crippen molar-refractivity contribution in [2.45, 2.75) is 20.8 Å². The third kappa shape index (κ3) is 2.09. The van der Waals surface area contributed by atoms with Gasteiger partial charge in [-0.15, -0.1) is 0 Å². The summed E-state index contributed by atoms with van der Waals surface area (Å²) in [4.78, 5) is 38.9. The second-order valence-electron chi connectivity index (χ2n) is 5.03. The molecule has 0 N–H and O–H groups in total. The molecule has 0 saturated heterocycles. The van der Waals surface area contributed by atoms with Crippen molar-refractivity contribution >= 4 is 23.3 Å². The lowest BCUT2D eigenvalue weighted by Crippen LogP contribution is -2.41. The van der Waals surface area contributed by atoms with E-state index in [0.717, 1.165) is 11.1 Å². The number of Topliss-reactive ketones (excluding diaryl/α,β-unsaturated/α-hetero) is 1. The highest BCUT2D eigenvalue weighted by Crippen LogP contribution is 2.33. The molecule has 5 nitrogen and oxygen atoms in total. The first-order chi connectivity index (χ1) is 9.38. The molecule has 0 bridgehead atoms. The van der Waals surface area contributed by atoms with Gasteiger partial charge in [-0.1, -0.05) is 6.07 Å². The zero-order chi connectivity index (χ0) is 15.0. The Balaban J connectivity index is 2.42. The van der Waals surface area contributed by atoms with Crippen LogP contribution in [0.15, 0.2) is 12.1 Å². The molecule has 0 aliphatic carbocycles. The van der Waals surface area contributed by atoms with Crippen LogP contribution in [0, 0.1) is 13.8 Å². The van der Waals surface area contributed by atoms with Crippen LogP contribution in [0.25, 0.3) is 0 Å². The summed E-state index contributed by atoms with van der Waals surface area (Å²) in [6.45, 7) is 6.11. The number of aryl methyl sites for hydroxylation is 1. The maximum atomic E-state index is 12.1. The third-order valence-electron chi connectivity index (χ3n) is 3.85. The van der Waals surface area contributed by atoms with Gasteiger partial charge in [0.1, 0.15) is 6.54 Å². The molecule has 2 amide bonds. The van der Waals surface area contributed by atoms with Crippen LogP contribution in [-0.2, 0) is 9.59 Å². The summed E-state index contributed by atoms with van der Waals surface area (Å²) in [6.07, 6.45) is 0. The van der Waals surface area contributed by atoms with Gasteiger partial charge in [-0.05, 0) is 38.0 Å². The number of fused-ring (bicyclic) bond motifs is 1. The maximum Gasteiger partial charge on any atom is 0.299 e. The Morgan fingerprint density at radius 3 is 2.50 bits per heavy atom. The van der Waals surface area contributed by atoms with E-state index in [2.05, 4.69) is 0 Å². The van der Waals surface area contributed by atoms with E-state index in [-0.39, 0.29) is 12.5 Å². The molecule has 0 spiro atoms. The number of hydrogen-bond donors (Lipinski definition) is 0. The number of benzene rings is 1. The molecule has 1 aromatic rings. The Hall–Kier alpha value is -2.17. The van der Waals surface area contributed by atoms with Gasteiger partial charge >= 0.3 is 0 Å². The van der Waals surface area contributed by atoms with Gasteiger partial charge < -0.3 is 4.90 Å². The van der Waals surface area contributed by atoms with Crippen LogP contribution >= 0.6 is 0 Å². The molecule has 2 rings (SSSR count). The number of carbonyl (C=O) groups excluding carboxylic acids is 3. The van der Waals surface area contributed by atoms with Gasteiger partial charge in [-0.25, -0.2) is 0 Å². The molecular formula is C15H18N2O3. The second kappa shape index (κ2) is 5.07. The standard InChI is InChI=1S/C15H18N2O3/c1-5-16(4)12(18)8-17-13-10(3)9(2)6-7-11(13)14(19)15(17)20/h6-7H,5,8H2,1-4H3. The highest BCUT2D eigenvalue weighted by molar-refractivity contribution is 6.52. The van der Waals surface area contributed by atoms with Crippen molar-refractivity contribution in [1.82, 2.24) is 4.90 Å². The normalized spacial score (nSPS) is 13.7. The van der Waals surface area contributed by atoms with Gasteiger partial charge in [0, 0.05) is 13.6 Å². The minimum Gasteiger partial charge on any atom is -0.344 e. The fourth-order valence-electron chi connectivity index (χ4n) is 2.25. The fourth-order valence-corrected chi connectivity index (χ4v) is 2.25. The summed E-state index contributed by atoms with van der Waals surface area (Å²) in [5, 5.41) is 0. The van der Waals surface area contributed by atoms with Crippen molar-refractivity contribution in [3.05, 3.63) is 28.8 Å². The monoisotopic (exact) mass is 274 g/mol. The van der Waals surface area contributed by atoms with Crippen molar-refractivity contribution in [3.63, 3.8) is 0 Å². The maximum absolute atomic E-state index is 12.1. The first-order valence-electron chi connectivity index (χ1n) is 6.58. The van der Waals surface area contributed by atoms with Crippen molar-refractivity contribution in [3.8, 4) is 0 Å². The minimum absolute atomic E-state index is 0.0911. The van der Waals surface area contributed by atoms with Crippen LogP contribution < -0.4 is 4.90 Å². The van der Waals surface area contributed by atoms with E-state index in [1.807, 2.05) is 26.8 Å². The predicted octanol–water partition coefficient (Wildman–Crippen LogP) is 1.31. The van der Waals surface area contributed by atoms with Crippen molar-refractivity contribution in [2.24, 2.45) is 0 Å². The molecule has 0 saturated carbocycles. The molecule has 1 aliphatic heterocycles. The summed E-state index contributed by atoms with van der Waals surface area (Å²) < 4.78 is 0. The van der Waals surface area contributed by atoms with Crippen LogP contribution in [0.4, 0.5) is 5.69 Å². The average molecular weight is 274 g/mol. The number of anilines is 1. The van der Waals surface area contributed by atoms with Gasteiger partial charge in [0.2, 0.25) is 5.91 Å². The molecular weight excluding hydrogens is 256 g/mol. The third-order valence-corrected chi connectivity index (χ3v) is 3.85. The quantitative estimate of drug-likeness (QED) is 0.781. The van der Waals surface area contributed by atoms with Crippen molar-refractivity contribution in [2.75, 3.05) is 25.0 Å². The Kier molecular flexibility index (Phi) is 3.61. The number of hydrogen-bond acceptors (Lipinski definition) is 3. The highest BCUT2D eigenvalue weighted by Gasteiger charge is 2.38. The van der Waals surface area contributed by atoms with Crippen molar-refractivity contribution in [1.29, 1.82) is 0 Å². The van der Waals surface area contributed by atoms with Gasteiger partial charge in [0.25, 0.3) is 11.7 Å². The summed E-state index contributed by atoms with van der Waals surface area (Å²) in [6, 6.07) is 3.48. The van der Waals surface area contributed by atoms with E-state index in [9.17, 15) is 14.4 Å². The average Bonchev–Trinajstić information content (AvgIpc) is 2.67. The number of likely N-dealkylation sites (N-methyl/N-ethyl adjacent to an activating group) is 1. The number of amides is 2.